The zero-order valence-corrected chi connectivity index (χ0v) is 15.8. The van der Waals surface area contributed by atoms with Gasteiger partial charge in [0.1, 0.15) is 0 Å². The van der Waals surface area contributed by atoms with Gasteiger partial charge in [0.15, 0.2) is 5.82 Å². The van der Waals surface area contributed by atoms with E-state index in [1.165, 1.54) is 18.4 Å². The molecule has 27 heavy (non-hydrogen) atoms. The number of anilines is 2. The molecular formula is C21H27N5O. The van der Waals surface area contributed by atoms with Crippen molar-refractivity contribution < 1.29 is 4.79 Å². The van der Waals surface area contributed by atoms with Gasteiger partial charge in [0.2, 0.25) is 5.91 Å². The van der Waals surface area contributed by atoms with E-state index >= 15 is 0 Å². The van der Waals surface area contributed by atoms with Gasteiger partial charge in [-0.15, -0.1) is 5.10 Å². The number of hydrogen-bond acceptors (Lipinski definition) is 5. The first-order valence-corrected chi connectivity index (χ1v) is 9.85. The van der Waals surface area contributed by atoms with Gasteiger partial charge in [0, 0.05) is 18.8 Å². The Labute approximate surface area is 160 Å². The minimum Gasteiger partial charge on any atom is -0.354 e. The van der Waals surface area contributed by atoms with Gasteiger partial charge in [-0.1, -0.05) is 12.1 Å². The van der Waals surface area contributed by atoms with Crippen LogP contribution in [0.5, 0.6) is 0 Å². The number of piperidine rings is 1. The first-order valence-electron chi connectivity index (χ1n) is 9.85. The highest BCUT2D eigenvalue weighted by Crippen LogP contribution is 2.27. The van der Waals surface area contributed by atoms with E-state index in [9.17, 15) is 4.79 Å². The third-order valence-corrected chi connectivity index (χ3v) is 5.74. The zero-order chi connectivity index (χ0) is 18.6. The van der Waals surface area contributed by atoms with Gasteiger partial charge in [-0.05, 0) is 74.5 Å². The SMILES string of the molecule is Cc1ccnnc1N1CC[C@H](C(=O)Nc2ccc(C3CCNCC3)cc2)C1. The lowest BCUT2D eigenvalue weighted by Gasteiger charge is -2.23. The first kappa shape index (κ1) is 17.9. The number of benzene rings is 1. The minimum absolute atomic E-state index is 0.0181. The van der Waals surface area contributed by atoms with Crippen LogP contribution in [0.1, 0.15) is 36.3 Å². The molecule has 2 fully saturated rings. The fourth-order valence-corrected chi connectivity index (χ4v) is 4.10. The van der Waals surface area contributed by atoms with Gasteiger partial charge in [-0.2, -0.15) is 5.10 Å². The molecular weight excluding hydrogens is 338 g/mol. The Hall–Kier alpha value is -2.47. The number of nitrogens with one attached hydrogen (secondary N) is 2. The molecule has 2 N–H and O–H groups in total. The lowest BCUT2D eigenvalue weighted by Crippen LogP contribution is -2.28. The predicted molar refractivity (Wildman–Crippen MR) is 107 cm³/mol. The minimum atomic E-state index is -0.0181. The van der Waals surface area contributed by atoms with Crippen LogP contribution in [0.2, 0.25) is 0 Å². The number of hydrogen-bond donors (Lipinski definition) is 2. The molecule has 0 radical (unpaired) electrons. The van der Waals surface area contributed by atoms with Crippen molar-refractivity contribution in [2.45, 2.75) is 32.1 Å². The van der Waals surface area contributed by atoms with Crippen LogP contribution in [0.4, 0.5) is 11.5 Å². The van der Waals surface area contributed by atoms with Crippen molar-refractivity contribution >= 4 is 17.4 Å². The summed E-state index contributed by atoms with van der Waals surface area (Å²) >= 11 is 0. The highest BCUT2D eigenvalue weighted by molar-refractivity contribution is 5.93. The Bertz CT molecular complexity index is 785. The standard InChI is InChI=1S/C21H27N5O/c1-15-6-12-23-25-20(15)26-13-9-18(14-26)21(27)24-19-4-2-16(3-5-19)17-7-10-22-11-8-17/h2-6,12,17-18,22H,7-11,13-14H2,1H3,(H,24,27)/t18-/m0/s1. The summed E-state index contributed by atoms with van der Waals surface area (Å²) in [5, 5.41) is 14.7. The Morgan fingerprint density at radius 3 is 2.67 bits per heavy atom. The van der Waals surface area contributed by atoms with Crippen LogP contribution in [0.15, 0.2) is 36.5 Å². The van der Waals surface area contributed by atoms with Crippen molar-refractivity contribution in [1.29, 1.82) is 0 Å². The Kier molecular flexibility index (Phi) is 5.34. The summed E-state index contributed by atoms with van der Waals surface area (Å²) in [7, 11) is 0. The van der Waals surface area contributed by atoms with Gasteiger partial charge >= 0.3 is 0 Å². The summed E-state index contributed by atoms with van der Waals surface area (Å²) in [5.41, 5.74) is 3.35. The number of carbonyl (C=O) groups is 1. The van der Waals surface area contributed by atoms with Crippen LogP contribution in [-0.2, 0) is 4.79 Å². The van der Waals surface area contributed by atoms with Crippen LogP contribution in [0.3, 0.4) is 0 Å². The number of nitrogens with zero attached hydrogens (tertiary/aromatic N) is 3. The van der Waals surface area contributed by atoms with Crippen LogP contribution in [0.25, 0.3) is 0 Å². The summed E-state index contributed by atoms with van der Waals surface area (Å²) in [6.45, 7) is 5.74. The molecule has 0 saturated carbocycles. The molecule has 4 rings (SSSR count). The largest absolute Gasteiger partial charge is 0.354 e. The van der Waals surface area contributed by atoms with Crippen molar-refractivity contribution in [2.75, 3.05) is 36.4 Å². The maximum absolute atomic E-state index is 12.7. The molecule has 2 aliphatic heterocycles. The molecule has 1 atom stereocenters. The molecule has 3 heterocycles. The highest BCUT2D eigenvalue weighted by atomic mass is 16.1. The highest BCUT2D eigenvalue weighted by Gasteiger charge is 2.30. The van der Waals surface area contributed by atoms with Crippen molar-refractivity contribution in [3.8, 4) is 0 Å². The molecule has 1 amide bonds. The molecule has 142 valence electrons. The second-order valence-corrected chi connectivity index (χ2v) is 7.60. The van der Waals surface area contributed by atoms with Crippen LogP contribution in [-0.4, -0.2) is 42.3 Å². The van der Waals surface area contributed by atoms with Crippen molar-refractivity contribution in [3.05, 3.63) is 47.7 Å². The van der Waals surface area contributed by atoms with Crippen molar-refractivity contribution in [3.63, 3.8) is 0 Å². The molecule has 1 aromatic heterocycles. The maximum Gasteiger partial charge on any atom is 0.229 e. The van der Waals surface area contributed by atoms with Gasteiger partial charge in [0.05, 0.1) is 12.1 Å². The zero-order valence-electron chi connectivity index (χ0n) is 15.8. The van der Waals surface area contributed by atoms with Crippen molar-refractivity contribution in [2.24, 2.45) is 5.92 Å². The number of carbonyl (C=O) groups excluding carboxylic acids is 1. The number of aromatic nitrogens is 2. The van der Waals surface area contributed by atoms with Crippen LogP contribution < -0.4 is 15.5 Å². The van der Waals surface area contributed by atoms with E-state index in [0.717, 1.165) is 43.1 Å². The maximum atomic E-state index is 12.7. The van der Waals surface area contributed by atoms with Crippen molar-refractivity contribution in [1.82, 2.24) is 15.5 Å². The van der Waals surface area contributed by atoms with E-state index in [2.05, 4.69) is 37.9 Å². The third kappa shape index (κ3) is 4.11. The third-order valence-electron chi connectivity index (χ3n) is 5.74. The molecule has 1 aromatic carbocycles. The number of amides is 1. The molecule has 2 aliphatic rings. The smallest absolute Gasteiger partial charge is 0.229 e. The Morgan fingerprint density at radius 2 is 1.93 bits per heavy atom. The van der Waals surface area contributed by atoms with Gasteiger partial charge < -0.3 is 15.5 Å². The summed E-state index contributed by atoms with van der Waals surface area (Å²) in [6.07, 6.45) is 4.92. The first-order chi connectivity index (χ1) is 13.2. The van der Waals surface area contributed by atoms with E-state index in [1.54, 1.807) is 6.20 Å². The molecule has 2 aromatic rings. The topological polar surface area (TPSA) is 70.2 Å². The van der Waals surface area contributed by atoms with Gasteiger partial charge in [-0.25, -0.2) is 0 Å². The Balaban J connectivity index is 1.35. The average Bonchev–Trinajstić information content (AvgIpc) is 3.20. The van der Waals surface area contributed by atoms with Crippen LogP contribution in [0, 0.1) is 12.8 Å². The van der Waals surface area contributed by atoms with E-state index in [0.29, 0.717) is 12.5 Å². The number of aryl methyl sites for hydroxylation is 1. The summed E-state index contributed by atoms with van der Waals surface area (Å²) < 4.78 is 0. The lowest BCUT2D eigenvalue weighted by atomic mass is 9.90. The van der Waals surface area contributed by atoms with Crippen LogP contribution >= 0.6 is 0 Å². The average molecular weight is 365 g/mol. The van der Waals surface area contributed by atoms with Gasteiger partial charge in [-0.3, -0.25) is 4.79 Å². The van der Waals surface area contributed by atoms with E-state index < -0.39 is 0 Å². The molecule has 6 heteroatoms. The fourth-order valence-electron chi connectivity index (χ4n) is 4.10. The molecule has 0 aliphatic carbocycles. The lowest BCUT2D eigenvalue weighted by molar-refractivity contribution is -0.119. The monoisotopic (exact) mass is 365 g/mol. The molecule has 0 spiro atoms. The van der Waals surface area contributed by atoms with Gasteiger partial charge in [0.25, 0.3) is 0 Å². The summed E-state index contributed by atoms with van der Waals surface area (Å²) in [4.78, 5) is 14.8. The van der Waals surface area contributed by atoms with E-state index in [1.807, 2.05) is 25.1 Å². The quantitative estimate of drug-likeness (QED) is 0.872. The molecule has 0 unspecified atom stereocenters. The normalized spacial score (nSPS) is 20.6. The second kappa shape index (κ2) is 8.05. The fraction of sp³-hybridized carbons (Fsp3) is 0.476. The molecule has 2 saturated heterocycles. The van der Waals surface area contributed by atoms with E-state index in [-0.39, 0.29) is 11.8 Å². The second-order valence-electron chi connectivity index (χ2n) is 7.60. The summed E-state index contributed by atoms with van der Waals surface area (Å²) in [6, 6.07) is 10.4. The summed E-state index contributed by atoms with van der Waals surface area (Å²) in [5.74, 6) is 1.60. The molecule has 6 nitrogen and oxygen atoms in total. The number of rotatable bonds is 4. The van der Waals surface area contributed by atoms with E-state index in [4.69, 9.17) is 0 Å². The molecule has 0 bridgehead atoms. The predicted octanol–water partition coefficient (Wildman–Crippen LogP) is 2.72. The Morgan fingerprint density at radius 1 is 1.15 bits per heavy atom.